The van der Waals surface area contributed by atoms with Crippen LogP contribution in [-0.4, -0.2) is 37.2 Å². The Labute approximate surface area is 461 Å². The lowest BCUT2D eigenvalue weighted by atomic mass is 10.1. The number of rotatable bonds is 53. The molecule has 0 aromatic heterocycles. The summed E-state index contributed by atoms with van der Waals surface area (Å²) in [6.45, 7) is 6.33. The zero-order valence-electron chi connectivity index (χ0n) is 48.3. The van der Waals surface area contributed by atoms with E-state index < -0.39 is 6.10 Å². The first-order chi connectivity index (χ1) is 37.0. The Hall–Kier alpha value is -4.71. The average molecular weight is 1040 g/mol. The Morgan fingerprint density at radius 1 is 0.280 bits per heavy atom. The summed E-state index contributed by atoms with van der Waals surface area (Å²) in [5.74, 6) is -0.983. The van der Waals surface area contributed by atoms with Crippen molar-refractivity contribution in [3.63, 3.8) is 0 Å². The van der Waals surface area contributed by atoms with Gasteiger partial charge in [-0.05, 0) is 141 Å². The number of allylic oxidation sites excluding steroid dienone is 24. The van der Waals surface area contributed by atoms with Gasteiger partial charge < -0.3 is 14.2 Å². The largest absolute Gasteiger partial charge is 0.462 e. The maximum absolute atomic E-state index is 12.9. The third kappa shape index (κ3) is 60.0. The van der Waals surface area contributed by atoms with E-state index in [0.29, 0.717) is 19.3 Å². The normalized spacial score (nSPS) is 13.2. The Balaban J connectivity index is 4.54. The molecule has 1 atom stereocenters. The second kappa shape index (κ2) is 61.8. The molecule has 0 aromatic carbocycles. The number of esters is 3. The third-order valence-electron chi connectivity index (χ3n) is 12.3. The van der Waals surface area contributed by atoms with Crippen LogP contribution in [0.25, 0.3) is 0 Å². The molecule has 0 fully saturated rings. The molecule has 0 radical (unpaired) electrons. The van der Waals surface area contributed by atoms with Crippen LogP contribution in [0.1, 0.15) is 252 Å². The maximum atomic E-state index is 12.9. The summed E-state index contributed by atoms with van der Waals surface area (Å²) in [5.41, 5.74) is 0. The van der Waals surface area contributed by atoms with E-state index in [0.717, 1.165) is 135 Å². The Morgan fingerprint density at radius 3 is 0.827 bits per heavy atom. The molecule has 0 aromatic rings. The Bertz CT molecular complexity index is 1660. The quantitative estimate of drug-likeness (QED) is 0.0261. The predicted molar refractivity (Wildman–Crippen MR) is 325 cm³/mol. The molecule has 0 aliphatic rings. The SMILES string of the molecule is CC/C=C\C/C=C\C/C=C\C/C=C\C/C=C\CCCCCC(=O)OC[C@@H](COC(=O)CCCCCCCCCCC/C=C\C/C=C\CCCCC)OC(=O)CCCCC/C=C\C/C=C\C/C=C\C/C=C\C/C=C\CC. The molecule has 0 N–H and O–H groups in total. The number of hydrogen-bond acceptors (Lipinski definition) is 6. The highest BCUT2D eigenvalue weighted by Gasteiger charge is 2.19. The monoisotopic (exact) mass is 1030 g/mol. The van der Waals surface area contributed by atoms with Crippen molar-refractivity contribution in [3.8, 4) is 0 Å². The van der Waals surface area contributed by atoms with Gasteiger partial charge in [-0.15, -0.1) is 0 Å². The molecule has 6 nitrogen and oxygen atoms in total. The number of carbonyl (C=O) groups is 3. The molecular formula is C69H110O6. The fourth-order valence-corrected chi connectivity index (χ4v) is 7.82. The molecule has 6 heteroatoms. The van der Waals surface area contributed by atoms with E-state index in [9.17, 15) is 14.4 Å². The average Bonchev–Trinajstić information content (AvgIpc) is 3.41. The number of unbranched alkanes of at least 4 members (excludes halogenated alkanes) is 18. The van der Waals surface area contributed by atoms with E-state index in [2.05, 4.69) is 167 Å². The van der Waals surface area contributed by atoms with Gasteiger partial charge in [0.15, 0.2) is 6.10 Å². The van der Waals surface area contributed by atoms with Gasteiger partial charge in [0.2, 0.25) is 0 Å². The minimum atomic E-state index is -0.819. The topological polar surface area (TPSA) is 78.9 Å². The molecule has 0 saturated heterocycles. The van der Waals surface area contributed by atoms with Crippen molar-refractivity contribution in [3.05, 3.63) is 146 Å². The zero-order valence-corrected chi connectivity index (χ0v) is 48.3. The lowest BCUT2D eigenvalue weighted by Gasteiger charge is -2.18. The first-order valence-electron chi connectivity index (χ1n) is 30.3. The van der Waals surface area contributed by atoms with E-state index in [4.69, 9.17) is 14.2 Å². The predicted octanol–water partition coefficient (Wildman–Crippen LogP) is 20.8. The van der Waals surface area contributed by atoms with Crippen LogP contribution in [0.15, 0.2) is 146 Å². The lowest BCUT2D eigenvalue weighted by Crippen LogP contribution is -2.30. The van der Waals surface area contributed by atoms with Crippen molar-refractivity contribution in [2.75, 3.05) is 13.2 Å². The van der Waals surface area contributed by atoms with Crippen LogP contribution >= 0.6 is 0 Å². The highest BCUT2D eigenvalue weighted by atomic mass is 16.6. The Morgan fingerprint density at radius 2 is 0.520 bits per heavy atom. The lowest BCUT2D eigenvalue weighted by molar-refractivity contribution is -0.167. The molecule has 75 heavy (non-hydrogen) atoms. The number of hydrogen-bond donors (Lipinski definition) is 0. The molecule has 0 bridgehead atoms. The minimum Gasteiger partial charge on any atom is -0.462 e. The van der Waals surface area contributed by atoms with Gasteiger partial charge in [-0.3, -0.25) is 14.4 Å². The van der Waals surface area contributed by atoms with Gasteiger partial charge in [0.05, 0.1) is 0 Å². The summed E-state index contributed by atoms with van der Waals surface area (Å²) in [6.07, 6.45) is 88.3. The summed E-state index contributed by atoms with van der Waals surface area (Å²) in [6, 6.07) is 0. The molecule has 422 valence electrons. The molecule has 0 spiro atoms. The van der Waals surface area contributed by atoms with Crippen LogP contribution in [0, 0.1) is 0 Å². The van der Waals surface area contributed by atoms with Gasteiger partial charge in [-0.1, -0.05) is 237 Å². The molecule has 0 amide bonds. The third-order valence-corrected chi connectivity index (χ3v) is 12.3. The molecule has 0 rings (SSSR count). The molecule has 0 heterocycles. The van der Waals surface area contributed by atoms with Crippen molar-refractivity contribution >= 4 is 17.9 Å². The van der Waals surface area contributed by atoms with Crippen LogP contribution < -0.4 is 0 Å². The van der Waals surface area contributed by atoms with E-state index >= 15 is 0 Å². The minimum absolute atomic E-state index is 0.110. The standard InChI is InChI=1S/C69H110O6/c1-4-7-10-13-16-19-22-25-28-31-34-37-40-43-46-49-52-55-58-61-67(70)73-64-66(75-69(72)63-60-57-54-51-48-45-42-39-36-33-30-27-24-21-18-15-12-9-6-3)65-74-68(71)62-59-56-53-50-47-44-41-38-35-32-29-26-23-20-17-14-11-8-5-2/h7,9-10,12,16-21,25-30,34,36-37,39,43,45-46,48,66H,4-6,8,11,13-15,22-24,31-33,35,38,40-42,44,47,49-65H2,1-3H3/b10-7-,12-9-,19-16-,20-17-,21-18-,28-25-,29-26-,30-27-,37-34-,39-36-,46-43-,48-45-/t66-/m0/s1. The van der Waals surface area contributed by atoms with Crippen LogP contribution in [-0.2, 0) is 28.6 Å². The van der Waals surface area contributed by atoms with E-state index in [1.165, 1.54) is 70.6 Å². The summed E-state index contributed by atoms with van der Waals surface area (Å²) in [7, 11) is 0. The van der Waals surface area contributed by atoms with Crippen LogP contribution in [0.3, 0.4) is 0 Å². The summed E-state index contributed by atoms with van der Waals surface area (Å²) >= 11 is 0. The highest BCUT2D eigenvalue weighted by Crippen LogP contribution is 2.14. The van der Waals surface area contributed by atoms with Crippen molar-refractivity contribution in [1.82, 2.24) is 0 Å². The van der Waals surface area contributed by atoms with Crippen molar-refractivity contribution in [2.24, 2.45) is 0 Å². The first-order valence-corrected chi connectivity index (χ1v) is 30.3. The summed E-state index contributed by atoms with van der Waals surface area (Å²) < 4.78 is 16.9. The van der Waals surface area contributed by atoms with Crippen molar-refractivity contribution < 1.29 is 28.6 Å². The van der Waals surface area contributed by atoms with Gasteiger partial charge in [-0.2, -0.15) is 0 Å². The van der Waals surface area contributed by atoms with Gasteiger partial charge in [0.25, 0.3) is 0 Å². The fraction of sp³-hybridized carbons (Fsp3) is 0.609. The van der Waals surface area contributed by atoms with E-state index in [1.54, 1.807) is 0 Å². The smallest absolute Gasteiger partial charge is 0.306 e. The van der Waals surface area contributed by atoms with Crippen molar-refractivity contribution in [2.45, 2.75) is 258 Å². The van der Waals surface area contributed by atoms with Gasteiger partial charge >= 0.3 is 17.9 Å². The summed E-state index contributed by atoms with van der Waals surface area (Å²) in [4.78, 5) is 38.3. The molecule has 0 saturated carbocycles. The summed E-state index contributed by atoms with van der Waals surface area (Å²) in [5, 5.41) is 0. The highest BCUT2D eigenvalue weighted by molar-refractivity contribution is 5.71. The first kappa shape index (κ1) is 70.3. The second-order valence-electron chi connectivity index (χ2n) is 19.5. The zero-order chi connectivity index (χ0) is 54.3. The molecule has 0 aliphatic carbocycles. The van der Waals surface area contributed by atoms with Gasteiger partial charge in [-0.25, -0.2) is 0 Å². The van der Waals surface area contributed by atoms with Crippen LogP contribution in [0.2, 0.25) is 0 Å². The second-order valence-corrected chi connectivity index (χ2v) is 19.5. The van der Waals surface area contributed by atoms with Gasteiger partial charge in [0.1, 0.15) is 13.2 Å². The molecule has 0 aliphatic heterocycles. The molecular weight excluding hydrogens is 925 g/mol. The number of ether oxygens (including phenoxy) is 3. The van der Waals surface area contributed by atoms with Crippen LogP contribution in [0.5, 0.6) is 0 Å². The van der Waals surface area contributed by atoms with Crippen molar-refractivity contribution in [1.29, 1.82) is 0 Å². The number of carbonyl (C=O) groups excluding carboxylic acids is 3. The van der Waals surface area contributed by atoms with Gasteiger partial charge in [0, 0.05) is 19.3 Å². The van der Waals surface area contributed by atoms with E-state index in [-0.39, 0.29) is 37.5 Å². The van der Waals surface area contributed by atoms with E-state index in [1.807, 2.05) is 0 Å². The maximum Gasteiger partial charge on any atom is 0.306 e. The fourth-order valence-electron chi connectivity index (χ4n) is 7.82. The Kier molecular flexibility index (Phi) is 58.0. The molecule has 0 unspecified atom stereocenters. The van der Waals surface area contributed by atoms with Crippen LogP contribution in [0.4, 0.5) is 0 Å².